The summed E-state index contributed by atoms with van der Waals surface area (Å²) in [6.45, 7) is 1.90. The maximum absolute atomic E-state index is 12.8. The molecule has 2 saturated carbocycles. The Bertz CT molecular complexity index is 543. The quantitative estimate of drug-likeness (QED) is 0.923. The van der Waals surface area contributed by atoms with Gasteiger partial charge in [-0.05, 0) is 43.9 Å². The Hall–Kier alpha value is -1.11. The number of fused-ring (bicyclic) bond motifs is 2. The van der Waals surface area contributed by atoms with Crippen LogP contribution in [0.25, 0.3) is 0 Å². The summed E-state index contributed by atoms with van der Waals surface area (Å²) < 4.78 is 38.3. The normalized spacial score (nSPS) is 29.6. The van der Waals surface area contributed by atoms with Gasteiger partial charge in [0.05, 0.1) is 5.51 Å². The van der Waals surface area contributed by atoms with Gasteiger partial charge in [0.25, 0.3) is 5.91 Å². The number of amides is 1. The Kier molecular flexibility index (Phi) is 3.71. The highest BCUT2D eigenvalue weighted by molar-refractivity contribution is 7.11. The highest BCUT2D eigenvalue weighted by Crippen LogP contribution is 2.49. The second-order valence-electron chi connectivity index (χ2n) is 6.13. The second kappa shape index (κ2) is 5.26. The molecule has 2 bridgehead atoms. The van der Waals surface area contributed by atoms with Crippen LogP contribution in [0.15, 0.2) is 5.51 Å². The minimum absolute atomic E-state index is 0.0871. The van der Waals surface area contributed by atoms with E-state index >= 15 is 0 Å². The fraction of sp³-hybridized carbons (Fsp3) is 0.714. The lowest BCUT2D eigenvalue weighted by molar-refractivity contribution is -0.141. The van der Waals surface area contributed by atoms with Crippen molar-refractivity contribution >= 4 is 17.2 Å². The van der Waals surface area contributed by atoms with E-state index in [-0.39, 0.29) is 10.9 Å². The van der Waals surface area contributed by atoms with Gasteiger partial charge in [-0.3, -0.25) is 4.79 Å². The number of rotatable bonds is 3. The van der Waals surface area contributed by atoms with Crippen molar-refractivity contribution in [1.82, 2.24) is 10.3 Å². The standard InChI is InChI=1S/C14H17F3N2OS/c1-7(10-5-8-2-3-9(10)4-8)19-13(20)11-12(14(15,16)17)18-6-21-11/h6-10H,2-5H2,1H3,(H,19,20). The molecule has 116 valence electrons. The molecule has 2 aliphatic rings. The lowest BCUT2D eigenvalue weighted by Gasteiger charge is -2.28. The van der Waals surface area contributed by atoms with Crippen molar-refractivity contribution in [3.05, 3.63) is 16.1 Å². The smallest absolute Gasteiger partial charge is 0.349 e. The second-order valence-corrected chi connectivity index (χ2v) is 6.98. The fourth-order valence-electron chi connectivity index (χ4n) is 3.89. The molecule has 0 saturated heterocycles. The van der Waals surface area contributed by atoms with Gasteiger partial charge in [0.1, 0.15) is 4.88 Å². The molecule has 1 aromatic rings. The van der Waals surface area contributed by atoms with Crippen molar-refractivity contribution in [1.29, 1.82) is 0 Å². The molecule has 4 unspecified atom stereocenters. The minimum atomic E-state index is -4.58. The number of alkyl halides is 3. The summed E-state index contributed by atoms with van der Waals surface area (Å²) in [5, 5.41) is 2.75. The van der Waals surface area contributed by atoms with Gasteiger partial charge in [-0.25, -0.2) is 4.98 Å². The highest BCUT2D eigenvalue weighted by Gasteiger charge is 2.43. The Morgan fingerprint density at radius 1 is 1.43 bits per heavy atom. The first-order valence-corrected chi connectivity index (χ1v) is 8.05. The van der Waals surface area contributed by atoms with Crippen LogP contribution in [0.5, 0.6) is 0 Å². The summed E-state index contributed by atoms with van der Waals surface area (Å²) in [4.78, 5) is 15.1. The van der Waals surface area contributed by atoms with Crippen LogP contribution in [0.1, 0.15) is 48.0 Å². The SMILES string of the molecule is CC(NC(=O)c1scnc1C(F)(F)F)C1CC2CCC1C2. The lowest BCUT2D eigenvalue weighted by Crippen LogP contribution is -2.40. The number of halogens is 3. The largest absolute Gasteiger partial charge is 0.434 e. The van der Waals surface area contributed by atoms with E-state index in [1.54, 1.807) is 0 Å². The van der Waals surface area contributed by atoms with Crippen LogP contribution in [-0.4, -0.2) is 16.9 Å². The molecule has 1 aromatic heterocycles. The molecule has 4 atom stereocenters. The predicted molar refractivity (Wildman–Crippen MR) is 73.0 cm³/mol. The predicted octanol–water partition coefficient (Wildman–Crippen LogP) is 3.72. The molecular formula is C14H17F3N2OS. The Morgan fingerprint density at radius 2 is 2.19 bits per heavy atom. The average molecular weight is 318 g/mol. The van der Waals surface area contributed by atoms with Crippen LogP contribution in [0.3, 0.4) is 0 Å². The molecule has 0 aromatic carbocycles. The number of hydrogen-bond acceptors (Lipinski definition) is 3. The first-order chi connectivity index (χ1) is 9.86. The highest BCUT2D eigenvalue weighted by atomic mass is 32.1. The van der Waals surface area contributed by atoms with Gasteiger partial charge in [0, 0.05) is 6.04 Å². The Morgan fingerprint density at radius 3 is 2.76 bits per heavy atom. The molecule has 2 aliphatic carbocycles. The summed E-state index contributed by atoms with van der Waals surface area (Å²) in [6.07, 6.45) is 0.154. The van der Waals surface area contributed by atoms with Crippen molar-refractivity contribution in [2.24, 2.45) is 17.8 Å². The third kappa shape index (κ3) is 2.80. The van der Waals surface area contributed by atoms with Crippen LogP contribution >= 0.6 is 11.3 Å². The van der Waals surface area contributed by atoms with Crippen LogP contribution in [-0.2, 0) is 6.18 Å². The summed E-state index contributed by atoms with van der Waals surface area (Å²) in [5.74, 6) is 1.11. The summed E-state index contributed by atoms with van der Waals surface area (Å²) >= 11 is 0.741. The van der Waals surface area contributed by atoms with E-state index in [0.717, 1.165) is 29.2 Å². The zero-order valence-corrected chi connectivity index (χ0v) is 12.4. The van der Waals surface area contributed by atoms with E-state index in [2.05, 4.69) is 10.3 Å². The van der Waals surface area contributed by atoms with E-state index in [4.69, 9.17) is 0 Å². The Balaban J connectivity index is 1.68. The summed E-state index contributed by atoms with van der Waals surface area (Å²) in [7, 11) is 0. The van der Waals surface area contributed by atoms with Gasteiger partial charge in [0.2, 0.25) is 0 Å². The molecule has 1 N–H and O–H groups in total. The number of thiazole rings is 1. The minimum Gasteiger partial charge on any atom is -0.349 e. The van der Waals surface area contributed by atoms with E-state index in [1.165, 1.54) is 19.3 Å². The maximum Gasteiger partial charge on any atom is 0.434 e. The third-order valence-corrected chi connectivity index (χ3v) is 5.66. The Labute approximate surface area is 125 Å². The maximum atomic E-state index is 12.8. The fourth-order valence-corrected chi connectivity index (χ4v) is 4.60. The van der Waals surface area contributed by atoms with Crippen molar-refractivity contribution in [3.63, 3.8) is 0 Å². The molecule has 21 heavy (non-hydrogen) atoms. The first-order valence-electron chi connectivity index (χ1n) is 7.17. The van der Waals surface area contributed by atoms with Gasteiger partial charge in [-0.2, -0.15) is 13.2 Å². The molecule has 3 nitrogen and oxygen atoms in total. The van der Waals surface area contributed by atoms with Crippen molar-refractivity contribution in [2.45, 2.75) is 44.8 Å². The summed E-state index contributed by atoms with van der Waals surface area (Å²) in [5.41, 5.74) is -0.00919. The van der Waals surface area contributed by atoms with Crippen molar-refractivity contribution < 1.29 is 18.0 Å². The topological polar surface area (TPSA) is 42.0 Å². The first kappa shape index (κ1) is 14.8. The zero-order valence-electron chi connectivity index (χ0n) is 11.6. The summed E-state index contributed by atoms with van der Waals surface area (Å²) in [6, 6.07) is -0.0871. The van der Waals surface area contributed by atoms with Crippen LogP contribution < -0.4 is 5.32 Å². The monoisotopic (exact) mass is 318 g/mol. The van der Waals surface area contributed by atoms with Gasteiger partial charge < -0.3 is 5.32 Å². The van der Waals surface area contributed by atoms with Crippen molar-refractivity contribution in [2.75, 3.05) is 0 Å². The third-order valence-electron chi connectivity index (χ3n) is 4.84. The molecule has 0 radical (unpaired) electrons. The van der Waals surface area contributed by atoms with E-state index in [1.807, 2.05) is 6.92 Å². The molecule has 1 amide bonds. The van der Waals surface area contributed by atoms with Crippen molar-refractivity contribution in [3.8, 4) is 0 Å². The molecule has 0 aliphatic heterocycles. The van der Waals surface area contributed by atoms with Gasteiger partial charge >= 0.3 is 6.18 Å². The number of aromatic nitrogens is 1. The zero-order chi connectivity index (χ0) is 15.2. The number of carbonyl (C=O) groups excluding carboxylic acids is 1. The number of carbonyl (C=O) groups is 1. The van der Waals surface area contributed by atoms with Gasteiger partial charge in [0.15, 0.2) is 5.69 Å². The molecule has 7 heteroatoms. The number of nitrogens with one attached hydrogen (secondary N) is 1. The number of hydrogen-bond donors (Lipinski definition) is 1. The van der Waals surface area contributed by atoms with E-state index < -0.39 is 17.8 Å². The van der Waals surface area contributed by atoms with E-state index in [9.17, 15) is 18.0 Å². The average Bonchev–Trinajstić information content (AvgIpc) is 3.12. The van der Waals surface area contributed by atoms with Crippen LogP contribution in [0.4, 0.5) is 13.2 Å². The van der Waals surface area contributed by atoms with Crippen LogP contribution in [0.2, 0.25) is 0 Å². The molecule has 2 fully saturated rings. The molecule has 1 heterocycles. The van der Waals surface area contributed by atoms with E-state index in [0.29, 0.717) is 11.8 Å². The van der Waals surface area contributed by atoms with Crippen LogP contribution in [0, 0.1) is 17.8 Å². The van der Waals surface area contributed by atoms with Gasteiger partial charge in [-0.15, -0.1) is 11.3 Å². The molecule has 3 rings (SSSR count). The lowest BCUT2D eigenvalue weighted by atomic mass is 9.84. The molecule has 0 spiro atoms. The molecular weight excluding hydrogens is 301 g/mol. The van der Waals surface area contributed by atoms with Gasteiger partial charge in [-0.1, -0.05) is 6.42 Å². The number of nitrogens with zero attached hydrogens (tertiary/aromatic N) is 1.